The molecular weight excluding hydrogens is 757 g/mol. The Labute approximate surface area is 361 Å². The van der Waals surface area contributed by atoms with E-state index in [2.05, 4.69) is 211 Å². The predicted molar refractivity (Wildman–Crippen MR) is 259 cm³/mol. The number of nitrogens with zero attached hydrogens (tertiary/aromatic N) is 4. The van der Waals surface area contributed by atoms with Crippen molar-refractivity contribution in [3.63, 3.8) is 0 Å². The van der Waals surface area contributed by atoms with Crippen molar-refractivity contribution in [2.24, 2.45) is 10.9 Å². The number of aromatic nitrogens is 2. The molecule has 2 atom stereocenters. The molecule has 0 N–H and O–H groups in total. The molecule has 0 amide bonds. The molecule has 0 saturated heterocycles. The maximum atomic E-state index is 6.57. The SMILES string of the molecule is CC1=C(c2ccccc2)N=C(n2c3ccccc3c3c2ccc2c4ccccc4n(-c4cccc(-c5ccccc5)c4)c23)N(C)C(c2ccc3c4c(oc3c2)C=CC(C)C4)CC1. The molecule has 300 valence electrons. The molecule has 0 bridgehead atoms. The van der Waals surface area contributed by atoms with Gasteiger partial charge in [0.25, 0.3) is 0 Å². The topological polar surface area (TPSA) is 38.6 Å². The number of allylic oxidation sites excluding steroid dienone is 2. The van der Waals surface area contributed by atoms with Crippen molar-refractivity contribution in [1.29, 1.82) is 0 Å². The van der Waals surface area contributed by atoms with Crippen LogP contribution in [0.1, 0.15) is 55.2 Å². The number of benzene rings is 7. The normalized spacial score (nSPS) is 17.0. The van der Waals surface area contributed by atoms with Gasteiger partial charge in [-0.3, -0.25) is 4.57 Å². The molecule has 0 radical (unpaired) electrons. The number of rotatable bonds is 4. The van der Waals surface area contributed by atoms with Gasteiger partial charge in [-0.05, 0) is 96.8 Å². The standard InChI is InChI=1S/C57H46N4O/c1-36-25-32-52-47(33-36)44-28-27-41(35-53(44)62-52)48-30-26-37(2)55(39-17-8-5-9-18-39)58-57(59(48)3)61-50-24-13-11-22-46(50)54-51(61)31-29-45-43-21-10-12-23-49(43)60(56(45)54)42-20-14-19-40(34-42)38-15-6-4-7-16-38/h4-25,27-29,31-32,34-36,48H,26,30,33H2,1-3H3. The Bertz CT molecular complexity index is 3490. The van der Waals surface area contributed by atoms with E-state index in [4.69, 9.17) is 9.41 Å². The van der Waals surface area contributed by atoms with Gasteiger partial charge in [0.1, 0.15) is 11.3 Å². The number of hydrogen-bond donors (Lipinski definition) is 0. The molecule has 10 aromatic rings. The van der Waals surface area contributed by atoms with E-state index in [0.29, 0.717) is 5.92 Å². The molecule has 0 saturated carbocycles. The Hall–Kier alpha value is -7.37. The lowest BCUT2D eigenvalue weighted by Crippen LogP contribution is -2.37. The fourth-order valence-electron chi connectivity index (χ4n) is 10.4. The predicted octanol–water partition coefficient (Wildman–Crippen LogP) is 14.6. The van der Waals surface area contributed by atoms with Gasteiger partial charge >= 0.3 is 0 Å². The Morgan fingerprint density at radius 2 is 1.31 bits per heavy atom. The lowest BCUT2D eigenvalue weighted by atomic mass is 9.92. The molecule has 0 spiro atoms. The minimum atomic E-state index is 0.0362. The monoisotopic (exact) mass is 802 g/mol. The number of furan rings is 1. The molecule has 5 nitrogen and oxygen atoms in total. The highest BCUT2D eigenvalue weighted by molar-refractivity contribution is 6.27. The highest BCUT2D eigenvalue weighted by Gasteiger charge is 2.30. The van der Waals surface area contributed by atoms with Crippen LogP contribution in [0.25, 0.3) is 83.2 Å². The number of para-hydroxylation sites is 2. The van der Waals surface area contributed by atoms with Crippen LogP contribution in [-0.2, 0) is 6.42 Å². The Balaban J connectivity index is 1.12. The van der Waals surface area contributed by atoms with Gasteiger partial charge in [0, 0.05) is 50.8 Å². The van der Waals surface area contributed by atoms with Crippen LogP contribution in [0.2, 0.25) is 0 Å². The second kappa shape index (κ2) is 14.4. The van der Waals surface area contributed by atoms with Crippen LogP contribution in [0.4, 0.5) is 0 Å². The molecule has 7 aromatic carbocycles. The summed E-state index contributed by atoms with van der Waals surface area (Å²) in [5.74, 6) is 2.39. The zero-order chi connectivity index (χ0) is 41.5. The van der Waals surface area contributed by atoms with Crippen molar-refractivity contribution in [2.45, 2.75) is 39.2 Å². The maximum Gasteiger partial charge on any atom is 0.211 e. The van der Waals surface area contributed by atoms with Crippen LogP contribution in [0.3, 0.4) is 0 Å². The van der Waals surface area contributed by atoms with Crippen molar-refractivity contribution in [1.82, 2.24) is 14.0 Å². The van der Waals surface area contributed by atoms with E-state index >= 15 is 0 Å². The van der Waals surface area contributed by atoms with Crippen LogP contribution in [0.15, 0.2) is 185 Å². The van der Waals surface area contributed by atoms with E-state index in [0.717, 1.165) is 64.5 Å². The van der Waals surface area contributed by atoms with Crippen molar-refractivity contribution in [3.05, 3.63) is 198 Å². The van der Waals surface area contributed by atoms with Gasteiger partial charge in [-0.1, -0.05) is 140 Å². The summed E-state index contributed by atoms with van der Waals surface area (Å²) in [6, 6.07) is 59.7. The van der Waals surface area contributed by atoms with E-state index in [-0.39, 0.29) is 6.04 Å². The first-order valence-electron chi connectivity index (χ1n) is 21.9. The fourth-order valence-corrected chi connectivity index (χ4v) is 10.4. The summed E-state index contributed by atoms with van der Waals surface area (Å²) in [5, 5.41) is 6.09. The smallest absolute Gasteiger partial charge is 0.211 e. The number of fused-ring (bicyclic) bond motifs is 10. The molecule has 4 heterocycles. The van der Waals surface area contributed by atoms with Gasteiger partial charge in [-0.25, -0.2) is 4.99 Å². The Kier molecular flexibility index (Phi) is 8.46. The van der Waals surface area contributed by atoms with E-state index in [1.807, 2.05) is 0 Å². The van der Waals surface area contributed by atoms with Gasteiger partial charge in [0.15, 0.2) is 0 Å². The molecule has 62 heavy (non-hydrogen) atoms. The molecular formula is C57H46N4O. The first-order chi connectivity index (χ1) is 30.5. The average molecular weight is 803 g/mol. The minimum absolute atomic E-state index is 0.0362. The van der Waals surface area contributed by atoms with Gasteiger partial charge < -0.3 is 13.9 Å². The van der Waals surface area contributed by atoms with Crippen LogP contribution >= 0.6 is 0 Å². The average Bonchev–Trinajstić information content (AvgIpc) is 3.97. The maximum absolute atomic E-state index is 6.57. The van der Waals surface area contributed by atoms with E-state index in [9.17, 15) is 0 Å². The van der Waals surface area contributed by atoms with E-state index < -0.39 is 0 Å². The number of aliphatic imine (C=N–C) groups is 1. The highest BCUT2D eigenvalue weighted by atomic mass is 16.3. The molecule has 5 heteroatoms. The molecule has 1 aliphatic heterocycles. The van der Waals surface area contributed by atoms with Gasteiger partial charge in [-0.2, -0.15) is 0 Å². The largest absolute Gasteiger partial charge is 0.456 e. The number of hydrogen-bond acceptors (Lipinski definition) is 3. The van der Waals surface area contributed by atoms with Crippen LogP contribution in [0, 0.1) is 5.92 Å². The lowest BCUT2D eigenvalue weighted by Gasteiger charge is -2.34. The Morgan fingerprint density at radius 1 is 0.613 bits per heavy atom. The fraction of sp³-hybridized carbons (Fsp3) is 0.140. The minimum Gasteiger partial charge on any atom is -0.456 e. The molecule has 12 rings (SSSR count). The second-order valence-corrected chi connectivity index (χ2v) is 17.3. The molecule has 0 fully saturated rings. The molecule has 1 aliphatic carbocycles. The van der Waals surface area contributed by atoms with Crippen LogP contribution in [0.5, 0.6) is 0 Å². The summed E-state index contributed by atoms with van der Waals surface area (Å²) in [7, 11) is 2.24. The molecule has 2 unspecified atom stereocenters. The molecule has 3 aromatic heterocycles. The summed E-state index contributed by atoms with van der Waals surface area (Å²) in [4.78, 5) is 8.23. The van der Waals surface area contributed by atoms with Gasteiger partial charge in [0.2, 0.25) is 5.96 Å². The summed E-state index contributed by atoms with van der Waals surface area (Å²) < 4.78 is 11.5. The third kappa shape index (κ3) is 5.72. The van der Waals surface area contributed by atoms with Crippen molar-refractivity contribution < 1.29 is 4.42 Å². The lowest BCUT2D eigenvalue weighted by molar-refractivity contribution is 0.344. The summed E-state index contributed by atoms with van der Waals surface area (Å²) in [6.45, 7) is 4.54. The van der Waals surface area contributed by atoms with Crippen LogP contribution in [-0.4, -0.2) is 27.0 Å². The summed E-state index contributed by atoms with van der Waals surface area (Å²) >= 11 is 0. The van der Waals surface area contributed by atoms with Gasteiger partial charge in [0.05, 0.1) is 33.8 Å². The first-order valence-corrected chi connectivity index (χ1v) is 21.9. The first kappa shape index (κ1) is 36.5. The third-order valence-corrected chi connectivity index (χ3v) is 13.5. The second-order valence-electron chi connectivity index (χ2n) is 17.3. The molecule has 2 aliphatic rings. The van der Waals surface area contributed by atoms with E-state index in [1.165, 1.54) is 65.8 Å². The Morgan fingerprint density at radius 3 is 2.11 bits per heavy atom. The van der Waals surface area contributed by atoms with E-state index in [1.54, 1.807) is 0 Å². The quantitative estimate of drug-likeness (QED) is 0.178. The van der Waals surface area contributed by atoms with Gasteiger partial charge in [-0.15, -0.1) is 0 Å². The van der Waals surface area contributed by atoms with Crippen LogP contribution < -0.4 is 0 Å². The summed E-state index contributed by atoms with van der Waals surface area (Å²) in [5.41, 5.74) is 15.1. The van der Waals surface area contributed by atoms with Crippen molar-refractivity contribution in [2.75, 3.05) is 7.05 Å². The summed E-state index contributed by atoms with van der Waals surface area (Å²) in [6.07, 6.45) is 7.26. The van der Waals surface area contributed by atoms with Crippen molar-refractivity contribution in [3.8, 4) is 16.8 Å². The third-order valence-electron chi connectivity index (χ3n) is 13.5. The zero-order valence-electron chi connectivity index (χ0n) is 35.2. The zero-order valence-corrected chi connectivity index (χ0v) is 35.2. The van der Waals surface area contributed by atoms with Crippen molar-refractivity contribution >= 4 is 72.3 Å². The highest BCUT2D eigenvalue weighted by Crippen LogP contribution is 2.44.